The maximum atomic E-state index is 12.6. The number of nitrogens with one attached hydrogen (secondary N) is 2. The van der Waals surface area contributed by atoms with Crippen LogP contribution < -0.4 is 10.0 Å². The predicted octanol–water partition coefficient (Wildman–Crippen LogP) is 3.15. The SMILES string of the molecule is CSCC[C@@H](NS(=O)(=O)/C=C\c1ccccc1)C(=O)NC1CCCCC1. The van der Waals surface area contributed by atoms with Crippen LogP contribution in [0.25, 0.3) is 6.08 Å². The molecule has 1 saturated carbocycles. The summed E-state index contributed by atoms with van der Waals surface area (Å²) < 4.78 is 27.3. The van der Waals surface area contributed by atoms with Crippen LogP contribution in [-0.2, 0) is 14.8 Å². The van der Waals surface area contributed by atoms with Crippen LogP contribution in [0, 0.1) is 0 Å². The summed E-state index contributed by atoms with van der Waals surface area (Å²) in [4.78, 5) is 12.6. The van der Waals surface area contributed by atoms with Gasteiger partial charge in [0.25, 0.3) is 0 Å². The lowest BCUT2D eigenvalue weighted by Crippen LogP contribution is -2.49. The number of benzene rings is 1. The van der Waals surface area contributed by atoms with E-state index in [2.05, 4.69) is 10.0 Å². The van der Waals surface area contributed by atoms with E-state index in [4.69, 9.17) is 0 Å². The fourth-order valence-electron chi connectivity index (χ4n) is 3.00. The molecule has 144 valence electrons. The molecule has 5 nitrogen and oxygen atoms in total. The number of rotatable bonds is 9. The number of carbonyl (C=O) groups is 1. The largest absolute Gasteiger partial charge is 0.352 e. The van der Waals surface area contributed by atoms with Crippen molar-refractivity contribution in [1.29, 1.82) is 0 Å². The van der Waals surface area contributed by atoms with Crippen molar-refractivity contribution in [3.05, 3.63) is 41.3 Å². The Morgan fingerprint density at radius 2 is 1.92 bits per heavy atom. The Bertz CT molecular complexity index is 684. The van der Waals surface area contributed by atoms with Gasteiger partial charge < -0.3 is 5.32 Å². The molecule has 0 aromatic heterocycles. The minimum atomic E-state index is -3.70. The number of carbonyl (C=O) groups excluding carboxylic acids is 1. The van der Waals surface area contributed by atoms with Crippen molar-refractivity contribution in [2.45, 2.75) is 50.6 Å². The van der Waals surface area contributed by atoms with E-state index in [0.29, 0.717) is 12.2 Å². The molecule has 7 heteroatoms. The molecule has 2 N–H and O–H groups in total. The smallest absolute Gasteiger partial charge is 0.238 e. The highest BCUT2D eigenvalue weighted by atomic mass is 32.2. The minimum absolute atomic E-state index is 0.164. The fourth-order valence-corrected chi connectivity index (χ4v) is 4.51. The molecule has 1 aromatic carbocycles. The molecule has 0 spiro atoms. The van der Waals surface area contributed by atoms with Crippen molar-refractivity contribution < 1.29 is 13.2 Å². The Hall–Kier alpha value is -1.31. The van der Waals surface area contributed by atoms with Gasteiger partial charge in [-0.3, -0.25) is 4.79 Å². The number of sulfonamides is 1. The van der Waals surface area contributed by atoms with Gasteiger partial charge in [-0.1, -0.05) is 49.6 Å². The Morgan fingerprint density at radius 1 is 1.23 bits per heavy atom. The topological polar surface area (TPSA) is 75.3 Å². The van der Waals surface area contributed by atoms with Gasteiger partial charge in [-0.2, -0.15) is 16.5 Å². The highest BCUT2D eigenvalue weighted by Gasteiger charge is 2.25. The molecule has 0 heterocycles. The third-order valence-corrected chi connectivity index (χ3v) is 6.18. The first-order valence-electron chi connectivity index (χ1n) is 9.05. The second kappa shape index (κ2) is 10.7. The summed E-state index contributed by atoms with van der Waals surface area (Å²) in [6, 6.07) is 8.64. The maximum absolute atomic E-state index is 12.6. The van der Waals surface area contributed by atoms with Gasteiger partial charge in [-0.25, -0.2) is 8.42 Å². The molecule has 2 rings (SSSR count). The molecule has 0 saturated heterocycles. The molecule has 1 amide bonds. The van der Waals surface area contributed by atoms with Crippen LogP contribution in [0.15, 0.2) is 35.7 Å². The molecule has 1 aromatic rings. The zero-order chi connectivity index (χ0) is 18.8. The highest BCUT2D eigenvalue weighted by molar-refractivity contribution is 7.98. The van der Waals surface area contributed by atoms with Gasteiger partial charge in [-0.05, 0) is 42.9 Å². The quantitative estimate of drug-likeness (QED) is 0.672. The van der Waals surface area contributed by atoms with Crippen LogP contribution in [-0.4, -0.2) is 38.4 Å². The summed E-state index contributed by atoms with van der Waals surface area (Å²) in [6.45, 7) is 0. The molecule has 1 aliphatic carbocycles. The van der Waals surface area contributed by atoms with E-state index in [1.807, 2.05) is 36.6 Å². The molecule has 1 aliphatic rings. The van der Waals surface area contributed by atoms with Gasteiger partial charge in [-0.15, -0.1) is 0 Å². The number of hydrogen-bond acceptors (Lipinski definition) is 4. The van der Waals surface area contributed by atoms with E-state index in [1.54, 1.807) is 11.8 Å². The molecular formula is C19H28N2O3S2. The van der Waals surface area contributed by atoms with Gasteiger partial charge in [0.2, 0.25) is 15.9 Å². The van der Waals surface area contributed by atoms with Crippen molar-refractivity contribution >= 4 is 33.8 Å². The molecule has 1 fully saturated rings. The van der Waals surface area contributed by atoms with Crippen molar-refractivity contribution in [2.24, 2.45) is 0 Å². The van der Waals surface area contributed by atoms with Crippen LogP contribution in [0.2, 0.25) is 0 Å². The van der Waals surface area contributed by atoms with Gasteiger partial charge in [0, 0.05) is 11.4 Å². The van der Waals surface area contributed by atoms with Gasteiger partial charge in [0.05, 0.1) is 0 Å². The van der Waals surface area contributed by atoms with Gasteiger partial charge >= 0.3 is 0 Å². The summed E-state index contributed by atoms with van der Waals surface area (Å²) in [5.41, 5.74) is 0.796. The molecule has 26 heavy (non-hydrogen) atoms. The molecule has 0 radical (unpaired) electrons. The number of thioether (sulfide) groups is 1. The van der Waals surface area contributed by atoms with Crippen molar-refractivity contribution in [1.82, 2.24) is 10.0 Å². The van der Waals surface area contributed by atoms with Gasteiger partial charge in [0.15, 0.2) is 0 Å². The standard InChI is InChI=1S/C19H28N2O3S2/c1-25-14-12-18(19(22)20-17-10-6-3-7-11-17)21-26(23,24)15-13-16-8-4-2-5-9-16/h2,4-5,8-9,13,15,17-18,21H,3,6-7,10-12,14H2,1H3,(H,20,22)/b15-13-/t18-/m1/s1. The summed E-state index contributed by atoms with van der Waals surface area (Å²) in [5.74, 6) is 0.496. The first-order valence-corrected chi connectivity index (χ1v) is 12.0. The molecule has 0 aliphatic heterocycles. The predicted molar refractivity (Wildman–Crippen MR) is 109 cm³/mol. The second-order valence-electron chi connectivity index (χ2n) is 6.55. The Balaban J connectivity index is 2.00. The van der Waals surface area contributed by atoms with Crippen LogP contribution >= 0.6 is 11.8 Å². The van der Waals surface area contributed by atoms with Crippen molar-refractivity contribution in [2.75, 3.05) is 12.0 Å². The maximum Gasteiger partial charge on any atom is 0.238 e. The lowest BCUT2D eigenvalue weighted by atomic mass is 9.95. The van der Waals surface area contributed by atoms with Crippen LogP contribution in [0.3, 0.4) is 0 Å². The van der Waals surface area contributed by atoms with E-state index in [9.17, 15) is 13.2 Å². The highest BCUT2D eigenvalue weighted by Crippen LogP contribution is 2.17. The van der Waals surface area contributed by atoms with E-state index in [0.717, 1.165) is 36.7 Å². The Kier molecular flexibility index (Phi) is 8.68. The summed E-state index contributed by atoms with van der Waals surface area (Å²) in [5, 5.41) is 4.15. The van der Waals surface area contributed by atoms with E-state index in [-0.39, 0.29) is 11.9 Å². The second-order valence-corrected chi connectivity index (χ2v) is 9.14. The average Bonchev–Trinajstić information content (AvgIpc) is 2.65. The first kappa shape index (κ1) is 21.0. The average molecular weight is 397 g/mol. The summed E-state index contributed by atoms with van der Waals surface area (Å²) in [6.07, 6.45) is 9.34. The zero-order valence-corrected chi connectivity index (χ0v) is 16.8. The first-order chi connectivity index (χ1) is 12.5. The lowest BCUT2D eigenvalue weighted by molar-refractivity contribution is -0.123. The van der Waals surface area contributed by atoms with Crippen LogP contribution in [0.4, 0.5) is 0 Å². The molecule has 0 unspecified atom stereocenters. The van der Waals surface area contributed by atoms with Crippen LogP contribution in [0.1, 0.15) is 44.1 Å². The lowest BCUT2D eigenvalue weighted by Gasteiger charge is -2.25. The normalized spacial score (nSPS) is 17.3. The third-order valence-electron chi connectivity index (χ3n) is 4.42. The van der Waals surface area contributed by atoms with E-state index in [1.165, 1.54) is 12.5 Å². The number of amides is 1. The Morgan fingerprint density at radius 3 is 2.58 bits per heavy atom. The zero-order valence-electron chi connectivity index (χ0n) is 15.2. The third kappa shape index (κ3) is 7.51. The van der Waals surface area contributed by atoms with E-state index >= 15 is 0 Å². The molecule has 1 atom stereocenters. The fraction of sp³-hybridized carbons (Fsp3) is 0.526. The van der Waals surface area contributed by atoms with Crippen LogP contribution in [0.5, 0.6) is 0 Å². The van der Waals surface area contributed by atoms with Gasteiger partial charge in [0.1, 0.15) is 6.04 Å². The Labute approximate surface area is 161 Å². The van der Waals surface area contributed by atoms with E-state index < -0.39 is 16.1 Å². The monoisotopic (exact) mass is 396 g/mol. The van der Waals surface area contributed by atoms with Crippen molar-refractivity contribution in [3.8, 4) is 0 Å². The van der Waals surface area contributed by atoms with Crippen molar-refractivity contribution in [3.63, 3.8) is 0 Å². The minimum Gasteiger partial charge on any atom is -0.352 e. The molecule has 0 bridgehead atoms. The molecular weight excluding hydrogens is 368 g/mol. The summed E-state index contributed by atoms with van der Waals surface area (Å²) in [7, 11) is -3.70. The number of hydrogen-bond donors (Lipinski definition) is 2. The summed E-state index contributed by atoms with van der Waals surface area (Å²) >= 11 is 1.60.